The predicted molar refractivity (Wildman–Crippen MR) is 70.4 cm³/mol. The monoisotopic (exact) mass is 313 g/mol. The SMILES string of the molecule is CCNCCOc1ccc(Cl)cc1Br.Cl. The van der Waals surface area contributed by atoms with Crippen molar-refractivity contribution in [3.8, 4) is 5.75 Å². The zero-order valence-corrected chi connectivity index (χ0v) is 11.6. The van der Waals surface area contributed by atoms with Gasteiger partial charge in [0, 0.05) is 11.6 Å². The molecule has 2 nitrogen and oxygen atoms in total. The standard InChI is InChI=1S/C10H13BrClNO.ClH/c1-2-13-5-6-14-10-4-3-8(12)7-9(10)11;/h3-4,7,13H,2,5-6H2,1H3;1H. The van der Waals surface area contributed by atoms with Crippen LogP contribution in [0.2, 0.25) is 5.02 Å². The van der Waals surface area contributed by atoms with E-state index in [1.54, 1.807) is 0 Å². The molecule has 0 aliphatic heterocycles. The molecule has 0 saturated heterocycles. The van der Waals surface area contributed by atoms with Gasteiger partial charge in [-0.25, -0.2) is 0 Å². The van der Waals surface area contributed by atoms with Gasteiger partial charge in [0.05, 0.1) is 4.47 Å². The number of hydrogen-bond acceptors (Lipinski definition) is 2. The first-order valence-electron chi connectivity index (χ1n) is 4.52. The van der Waals surface area contributed by atoms with Crippen molar-refractivity contribution >= 4 is 39.9 Å². The third kappa shape index (κ3) is 5.61. The van der Waals surface area contributed by atoms with E-state index in [-0.39, 0.29) is 12.4 Å². The van der Waals surface area contributed by atoms with E-state index >= 15 is 0 Å². The van der Waals surface area contributed by atoms with Crippen molar-refractivity contribution in [2.24, 2.45) is 0 Å². The quantitative estimate of drug-likeness (QED) is 0.840. The molecule has 0 aromatic heterocycles. The van der Waals surface area contributed by atoms with Gasteiger partial charge in [0.25, 0.3) is 0 Å². The maximum atomic E-state index is 5.80. The summed E-state index contributed by atoms with van der Waals surface area (Å²) in [5, 5.41) is 3.89. The molecule has 0 aliphatic carbocycles. The van der Waals surface area contributed by atoms with Crippen LogP contribution in [-0.4, -0.2) is 19.7 Å². The molecule has 0 fully saturated rings. The molecule has 1 aromatic carbocycles. The molecule has 0 radical (unpaired) electrons. The number of rotatable bonds is 5. The first kappa shape index (κ1) is 15.0. The molecule has 5 heteroatoms. The van der Waals surface area contributed by atoms with Gasteiger partial charge in [-0.15, -0.1) is 12.4 Å². The predicted octanol–water partition coefficient (Wildman–Crippen LogP) is 3.51. The second-order valence-corrected chi connectivity index (χ2v) is 4.07. The molecule has 1 N–H and O–H groups in total. The Kier molecular flexibility index (Phi) is 8.24. The fourth-order valence-corrected chi connectivity index (χ4v) is 1.80. The summed E-state index contributed by atoms with van der Waals surface area (Å²) in [6.45, 7) is 4.54. The third-order valence-electron chi connectivity index (χ3n) is 1.68. The van der Waals surface area contributed by atoms with Crippen LogP contribution in [0.15, 0.2) is 22.7 Å². The number of nitrogens with one attached hydrogen (secondary N) is 1. The van der Waals surface area contributed by atoms with Gasteiger partial charge in [-0.05, 0) is 40.7 Å². The zero-order valence-electron chi connectivity index (χ0n) is 8.43. The highest BCUT2D eigenvalue weighted by Crippen LogP contribution is 2.27. The Morgan fingerprint density at radius 2 is 2.20 bits per heavy atom. The first-order chi connectivity index (χ1) is 6.74. The molecule has 0 aliphatic rings. The van der Waals surface area contributed by atoms with Crippen LogP contribution in [0.4, 0.5) is 0 Å². The smallest absolute Gasteiger partial charge is 0.133 e. The molecule has 0 heterocycles. The summed E-state index contributed by atoms with van der Waals surface area (Å²) < 4.78 is 6.42. The normalized spacial score (nSPS) is 9.53. The van der Waals surface area contributed by atoms with Crippen LogP contribution in [0.25, 0.3) is 0 Å². The van der Waals surface area contributed by atoms with E-state index in [0.717, 1.165) is 23.3 Å². The van der Waals surface area contributed by atoms with Gasteiger partial charge in [-0.3, -0.25) is 0 Å². The number of halogens is 3. The second kappa shape index (κ2) is 8.22. The molecular weight excluding hydrogens is 301 g/mol. The summed E-state index contributed by atoms with van der Waals surface area (Å²) >= 11 is 9.19. The lowest BCUT2D eigenvalue weighted by Crippen LogP contribution is -2.20. The minimum atomic E-state index is 0. The van der Waals surface area contributed by atoms with E-state index in [4.69, 9.17) is 16.3 Å². The Labute approximate surface area is 110 Å². The van der Waals surface area contributed by atoms with Crippen molar-refractivity contribution < 1.29 is 4.74 Å². The average Bonchev–Trinajstić information content (AvgIpc) is 2.15. The molecule has 15 heavy (non-hydrogen) atoms. The summed E-state index contributed by atoms with van der Waals surface area (Å²) in [5.41, 5.74) is 0. The maximum Gasteiger partial charge on any atom is 0.133 e. The van der Waals surface area contributed by atoms with E-state index < -0.39 is 0 Å². The Hall–Kier alpha value is 0.0400. The minimum Gasteiger partial charge on any atom is -0.491 e. The lowest BCUT2D eigenvalue weighted by molar-refractivity contribution is 0.313. The fourth-order valence-electron chi connectivity index (χ4n) is 1.00. The van der Waals surface area contributed by atoms with Gasteiger partial charge in [-0.1, -0.05) is 18.5 Å². The lowest BCUT2D eigenvalue weighted by atomic mass is 10.3. The molecule has 0 atom stereocenters. The van der Waals surface area contributed by atoms with E-state index in [2.05, 4.69) is 28.2 Å². The number of ether oxygens (including phenoxy) is 1. The molecule has 0 bridgehead atoms. The molecule has 1 rings (SSSR count). The molecule has 0 spiro atoms. The third-order valence-corrected chi connectivity index (χ3v) is 2.54. The zero-order chi connectivity index (χ0) is 10.4. The van der Waals surface area contributed by atoms with Gasteiger partial charge in [0.2, 0.25) is 0 Å². The van der Waals surface area contributed by atoms with Gasteiger partial charge >= 0.3 is 0 Å². The average molecular weight is 315 g/mol. The van der Waals surface area contributed by atoms with E-state index in [1.165, 1.54) is 0 Å². The van der Waals surface area contributed by atoms with Crippen molar-refractivity contribution in [1.82, 2.24) is 5.32 Å². The Balaban J connectivity index is 0.00000196. The number of likely N-dealkylation sites (N-methyl/N-ethyl adjacent to an activating group) is 1. The Bertz CT molecular complexity index is 297. The molecule has 0 unspecified atom stereocenters. The van der Waals surface area contributed by atoms with Crippen LogP contribution in [0, 0.1) is 0 Å². The highest BCUT2D eigenvalue weighted by molar-refractivity contribution is 9.10. The maximum absolute atomic E-state index is 5.80. The Morgan fingerprint density at radius 3 is 2.80 bits per heavy atom. The van der Waals surface area contributed by atoms with Crippen molar-refractivity contribution in [3.63, 3.8) is 0 Å². The van der Waals surface area contributed by atoms with Gasteiger partial charge in [0.15, 0.2) is 0 Å². The van der Waals surface area contributed by atoms with E-state index in [1.807, 2.05) is 18.2 Å². The van der Waals surface area contributed by atoms with Crippen molar-refractivity contribution in [2.45, 2.75) is 6.92 Å². The van der Waals surface area contributed by atoms with Crippen LogP contribution in [0.5, 0.6) is 5.75 Å². The Morgan fingerprint density at radius 1 is 1.47 bits per heavy atom. The topological polar surface area (TPSA) is 21.3 Å². The van der Waals surface area contributed by atoms with Crippen LogP contribution >= 0.6 is 39.9 Å². The molecule has 0 amide bonds. The summed E-state index contributed by atoms with van der Waals surface area (Å²) in [6.07, 6.45) is 0. The van der Waals surface area contributed by atoms with Gasteiger partial charge < -0.3 is 10.1 Å². The molecule has 0 saturated carbocycles. The van der Waals surface area contributed by atoms with Crippen LogP contribution in [-0.2, 0) is 0 Å². The number of benzene rings is 1. The van der Waals surface area contributed by atoms with Gasteiger partial charge in [0.1, 0.15) is 12.4 Å². The largest absolute Gasteiger partial charge is 0.491 e. The summed E-state index contributed by atoms with van der Waals surface area (Å²) in [4.78, 5) is 0. The van der Waals surface area contributed by atoms with E-state index in [0.29, 0.717) is 11.6 Å². The number of hydrogen-bond donors (Lipinski definition) is 1. The van der Waals surface area contributed by atoms with Crippen molar-refractivity contribution in [1.29, 1.82) is 0 Å². The van der Waals surface area contributed by atoms with Crippen LogP contribution in [0.1, 0.15) is 6.92 Å². The minimum absolute atomic E-state index is 0. The van der Waals surface area contributed by atoms with Gasteiger partial charge in [-0.2, -0.15) is 0 Å². The lowest BCUT2D eigenvalue weighted by Gasteiger charge is -2.08. The molecule has 1 aromatic rings. The molecule has 86 valence electrons. The fraction of sp³-hybridized carbons (Fsp3) is 0.400. The van der Waals surface area contributed by atoms with Crippen molar-refractivity contribution in [2.75, 3.05) is 19.7 Å². The first-order valence-corrected chi connectivity index (χ1v) is 5.69. The van der Waals surface area contributed by atoms with Crippen LogP contribution in [0.3, 0.4) is 0 Å². The highest BCUT2D eigenvalue weighted by Gasteiger charge is 2.00. The van der Waals surface area contributed by atoms with E-state index in [9.17, 15) is 0 Å². The summed E-state index contributed by atoms with van der Waals surface area (Å²) in [6, 6.07) is 5.50. The van der Waals surface area contributed by atoms with Crippen molar-refractivity contribution in [3.05, 3.63) is 27.7 Å². The summed E-state index contributed by atoms with van der Waals surface area (Å²) in [7, 11) is 0. The summed E-state index contributed by atoms with van der Waals surface area (Å²) in [5.74, 6) is 0.826. The van der Waals surface area contributed by atoms with Crippen LogP contribution < -0.4 is 10.1 Å². The highest BCUT2D eigenvalue weighted by atomic mass is 79.9. The molecular formula is C10H14BrCl2NO. The second-order valence-electron chi connectivity index (χ2n) is 2.78.